The summed E-state index contributed by atoms with van der Waals surface area (Å²) in [5.74, 6) is 1.35. The molecule has 0 saturated carbocycles. The second kappa shape index (κ2) is 9.79. The van der Waals surface area contributed by atoms with E-state index in [0.29, 0.717) is 11.3 Å². The summed E-state index contributed by atoms with van der Waals surface area (Å²) in [4.78, 5) is 24.6. The standard InChI is InChI=1S/C31H22N4O2/c36-31(35-24-7-6-16-32-19-24)22-14-12-21(13-15-22)28-20-34-30-27(28)17-23(18-33-30)26-10-4-5-11-29(26)37-25-8-2-1-3-9-25/h1-20H,(H,33,34)(H,35,36). The van der Waals surface area contributed by atoms with Crippen molar-refractivity contribution in [3.8, 4) is 33.8 Å². The highest BCUT2D eigenvalue weighted by Gasteiger charge is 2.13. The average molecular weight is 483 g/mol. The second-order valence-corrected chi connectivity index (χ2v) is 8.51. The molecule has 0 fully saturated rings. The highest BCUT2D eigenvalue weighted by atomic mass is 16.5. The molecule has 6 aromatic rings. The number of carbonyl (C=O) groups is 1. The lowest BCUT2D eigenvalue weighted by Crippen LogP contribution is -2.11. The van der Waals surface area contributed by atoms with Gasteiger partial charge in [0.2, 0.25) is 0 Å². The van der Waals surface area contributed by atoms with E-state index in [4.69, 9.17) is 4.74 Å². The summed E-state index contributed by atoms with van der Waals surface area (Å²) in [5, 5.41) is 3.85. The zero-order valence-corrected chi connectivity index (χ0v) is 19.8. The number of rotatable bonds is 6. The molecule has 6 rings (SSSR count). The third kappa shape index (κ3) is 4.68. The van der Waals surface area contributed by atoms with Gasteiger partial charge in [-0.05, 0) is 54.1 Å². The summed E-state index contributed by atoms with van der Waals surface area (Å²) in [6, 6.07) is 30.9. The Morgan fingerprint density at radius 2 is 1.59 bits per heavy atom. The van der Waals surface area contributed by atoms with Gasteiger partial charge in [0.05, 0.1) is 11.9 Å². The van der Waals surface area contributed by atoms with E-state index in [1.165, 1.54) is 0 Å². The summed E-state index contributed by atoms with van der Waals surface area (Å²) in [7, 11) is 0. The molecule has 0 spiro atoms. The van der Waals surface area contributed by atoms with Crippen LogP contribution in [0.15, 0.2) is 122 Å². The maximum absolute atomic E-state index is 12.6. The molecule has 1 amide bonds. The summed E-state index contributed by atoms with van der Waals surface area (Å²) in [6.07, 6.45) is 7.08. The molecule has 0 radical (unpaired) electrons. The largest absolute Gasteiger partial charge is 0.457 e. The lowest BCUT2D eigenvalue weighted by molar-refractivity contribution is 0.102. The van der Waals surface area contributed by atoms with E-state index in [1.54, 1.807) is 24.5 Å². The Balaban J connectivity index is 1.30. The van der Waals surface area contributed by atoms with E-state index in [9.17, 15) is 4.79 Å². The third-order valence-corrected chi connectivity index (χ3v) is 6.08. The monoisotopic (exact) mass is 482 g/mol. The Morgan fingerprint density at radius 1 is 0.784 bits per heavy atom. The fraction of sp³-hybridized carbons (Fsp3) is 0. The van der Waals surface area contributed by atoms with Crippen LogP contribution in [-0.2, 0) is 0 Å². The Kier molecular flexibility index (Phi) is 5.89. The first kappa shape index (κ1) is 22.2. The zero-order chi connectivity index (χ0) is 25.0. The first-order chi connectivity index (χ1) is 18.2. The van der Waals surface area contributed by atoms with E-state index in [-0.39, 0.29) is 5.91 Å². The smallest absolute Gasteiger partial charge is 0.255 e. The number of benzene rings is 3. The lowest BCUT2D eigenvalue weighted by Gasteiger charge is -2.11. The first-order valence-electron chi connectivity index (χ1n) is 11.9. The second-order valence-electron chi connectivity index (χ2n) is 8.51. The molecular formula is C31H22N4O2. The molecule has 178 valence electrons. The molecule has 0 unspecified atom stereocenters. The van der Waals surface area contributed by atoms with Crippen molar-refractivity contribution < 1.29 is 9.53 Å². The van der Waals surface area contributed by atoms with Gasteiger partial charge in [0.1, 0.15) is 17.1 Å². The quantitative estimate of drug-likeness (QED) is 0.260. The molecule has 3 heterocycles. The number of para-hydroxylation sites is 2. The Bertz CT molecular complexity index is 1680. The highest BCUT2D eigenvalue weighted by Crippen LogP contribution is 2.36. The minimum atomic E-state index is -0.183. The summed E-state index contributed by atoms with van der Waals surface area (Å²) >= 11 is 0. The summed E-state index contributed by atoms with van der Waals surface area (Å²) in [5.41, 5.74) is 5.91. The summed E-state index contributed by atoms with van der Waals surface area (Å²) < 4.78 is 6.17. The Labute approximate surface area is 213 Å². The number of aromatic amines is 1. The topological polar surface area (TPSA) is 79.9 Å². The number of amides is 1. The number of fused-ring (bicyclic) bond motifs is 1. The maximum Gasteiger partial charge on any atom is 0.255 e. The number of nitrogens with zero attached hydrogens (tertiary/aromatic N) is 2. The molecule has 0 aliphatic heterocycles. The number of nitrogens with one attached hydrogen (secondary N) is 2. The lowest BCUT2D eigenvalue weighted by atomic mass is 10.0. The van der Waals surface area contributed by atoms with E-state index in [1.807, 2.05) is 91.3 Å². The zero-order valence-electron chi connectivity index (χ0n) is 19.8. The van der Waals surface area contributed by atoms with Crippen molar-refractivity contribution in [2.75, 3.05) is 5.32 Å². The number of anilines is 1. The molecular weight excluding hydrogens is 460 g/mol. The van der Waals surface area contributed by atoms with Crippen LogP contribution in [0.3, 0.4) is 0 Å². The normalized spacial score (nSPS) is 10.8. The predicted molar refractivity (Wildman–Crippen MR) is 146 cm³/mol. The van der Waals surface area contributed by atoms with Crippen molar-refractivity contribution in [3.05, 3.63) is 127 Å². The van der Waals surface area contributed by atoms with Crippen LogP contribution in [-0.4, -0.2) is 20.9 Å². The number of hydrogen-bond acceptors (Lipinski definition) is 4. The van der Waals surface area contributed by atoms with Gasteiger partial charge >= 0.3 is 0 Å². The van der Waals surface area contributed by atoms with Crippen molar-refractivity contribution in [1.29, 1.82) is 0 Å². The van der Waals surface area contributed by atoms with Gasteiger partial charge in [-0.3, -0.25) is 9.78 Å². The van der Waals surface area contributed by atoms with Gasteiger partial charge < -0.3 is 15.0 Å². The first-order valence-corrected chi connectivity index (χ1v) is 11.9. The van der Waals surface area contributed by atoms with Gasteiger partial charge in [-0.1, -0.05) is 48.5 Å². The third-order valence-electron chi connectivity index (χ3n) is 6.08. The summed E-state index contributed by atoms with van der Waals surface area (Å²) in [6.45, 7) is 0. The van der Waals surface area contributed by atoms with Gasteiger partial charge in [-0.15, -0.1) is 0 Å². The van der Waals surface area contributed by atoms with Crippen molar-refractivity contribution in [3.63, 3.8) is 0 Å². The van der Waals surface area contributed by atoms with Crippen LogP contribution in [0.2, 0.25) is 0 Å². The van der Waals surface area contributed by atoms with E-state index in [0.717, 1.165) is 44.8 Å². The Morgan fingerprint density at radius 3 is 2.41 bits per heavy atom. The maximum atomic E-state index is 12.6. The minimum absolute atomic E-state index is 0.183. The van der Waals surface area contributed by atoms with E-state index >= 15 is 0 Å². The molecule has 6 heteroatoms. The number of pyridine rings is 2. The molecule has 37 heavy (non-hydrogen) atoms. The molecule has 0 saturated heterocycles. The highest BCUT2D eigenvalue weighted by molar-refractivity contribution is 6.05. The molecule has 0 aliphatic carbocycles. The molecule has 3 aromatic carbocycles. The molecule has 2 N–H and O–H groups in total. The van der Waals surface area contributed by atoms with Crippen LogP contribution in [0.4, 0.5) is 5.69 Å². The van der Waals surface area contributed by atoms with Gasteiger partial charge in [0.15, 0.2) is 0 Å². The fourth-order valence-electron chi connectivity index (χ4n) is 4.24. The average Bonchev–Trinajstić information content (AvgIpc) is 3.38. The van der Waals surface area contributed by atoms with Crippen LogP contribution < -0.4 is 10.1 Å². The van der Waals surface area contributed by atoms with Gasteiger partial charge in [0, 0.05) is 46.2 Å². The molecule has 6 nitrogen and oxygen atoms in total. The molecule has 0 aliphatic rings. The van der Waals surface area contributed by atoms with Crippen LogP contribution in [0.5, 0.6) is 11.5 Å². The minimum Gasteiger partial charge on any atom is -0.457 e. The van der Waals surface area contributed by atoms with Crippen molar-refractivity contribution in [2.45, 2.75) is 0 Å². The van der Waals surface area contributed by atoms with Crippen molar-refractivity contribution in [2.24, 2.45) is 0 Å². The van der Waals surface area contributed by atoms with Crippen LogP contribution in [0.25, 0.3) is 33.3 Å². The van der Waals surface area contributed by atoms with Crippen molar-refractivity contribution >= 4 is 22.6 Å². The van der Waals surface area contributed by atoms with Crippen LogP contribution in [0.1, 0.15) is 10.4 Å². The number of aromatic nitrogens is 3. The van der Waals surface area contributed by atoms with Crippen LogP contribution >= 0.6 is 0 Å². The molecule has 0 bridgehead atoms. The van der Waals surface area contributed by atoms with Crippen LogP contribution in [0, 0.1) is 0 Å². The number of hydrogen-bond donors (Lipinski definition) is 2. The van der Waals surface area contributed by atoms with Gasteiger partial charge in [-0.2, -0.15) is 0 Å². The predicted octanol–water partition coefficient (Wildman–Crippen LogP) is 7.34. The van der Waals surface area contributed by atoms with E-state index in [2.05, 4.69) is 26.3 Å². The van der Waals surface area contributed by atoms with Gasteiger partial charge in [-0.25, -0.2) is 4.98 Å². The molecule has 0 atom stereocenters. The number of ether oxygens (including phenoxy) is 1. The molecule has 3 aromatic heterocycles. The number of carbonyl (C=O) groups excluding carboxylic acids is 1. The van der Waals surface area contributed by atoms with Crippen molar-refractivity contribution in [1.82, 2.24) is 15.0 Å². The van der Waals surface area contributed by atoms with E-state index < -0.39 is 0 Å². The Hall–Kier alpha value is -5.23. The number of H-pyrrole nitrogens is 1. The fourth-order valence-corrected chi connectivity index (χ4v) is 4.24. The van der Waals surface area contributed by atoms with Gasteiger partial charge in [0.25, 0.3) is 5.91 Å². The SMILES string of the molecule is O=C(Nc1cccnc1)c1ccc(-c2c[nH]c3ncc(-c4ccccc4Oc4ccccc4)cc23)cc1.